The second kappa shape index (κ2) is 7.21. The summed E-state index contributed by atoms with van der Waals surface area (Å²) in [6.45, 7) is 0.420. The van der Waals surface area contributed by atoms with E-state index in [1.54, 1.807) is 19.2 Å². The number of hydrogen-bond acceptors (Lipinski definition) is 2. The summed E-state index contributed by atoms with van der Waals surface area (Å²) in [6.07, 6.45) is 0. The van der Waals surface area contributed by atoms with Crippen LogP contribution in [0, 0.1) is 0 Å². The second-order valence-electron chi connectivity index (χ2n) is 4.11. The zero-order chi connectivity index (χ0) is 14.5. The Labute approximate surface area is 136 Å². The fourth-order valence-corrected chi connectivity index (χ4v) is 2.63. The molecule has 0 N–H and O–H groups in total. The molecule has 0 spiro atoms. The minimum Gasteiger partial charge on any atom is -0.493 e. The molecule has 0 fully saturated rings. The molecule has 5 heteroatoms. The number of benzene rings is 2. The van der Waals surface area contributed by atoms with E-state index >= 15 is 0 Å². The number of ether oxygens (including phenoxy) is 2. The van der Waals surface area contributed by atoms with Crippen LogP contribution in [0.1, 0.15) is 11.1 Å². The van der Waals surface area contributed by atoms with Gasteiger partial charge in [0.1, 0.15) is 6.61 Å². The lowest BCUT2D eigenvalue weighted by atomic mass is 10.2. The van der Waals surface area contributed by atoms with Crippen molar-refractivity contribution in [3.05, 3.63) is 57.0 Å². The van der Waals surface area contributed by atoms with Crippen molar-refractivity contribution in [2.45, 2.75) is 12.5 Å². The Kier molecular flexibility index (Phi) is 5.58. The third-order valence-electron chi connectivity index (χ3n) is 2.79. The summed E-state index contributed by atoms with van der Waals surface area (Å²) in [6, 6.07) is 11.4. The maximum Gasteiger partial charge on any atom is 0.166 e. The maximum absolute atomic E-state index is 6.02. The molecule has 0 aromatic heterocycles. The fourth-order valence-electron chi connectivity index (χ4n) is 1.80. The number of rotatable bonds is 5. The molecular formula is C15H13BrCl2O2. The lowest BCUT2D eigenvalue weighted by Crippen LogP contribution is -2.01. The van der Waals surface area contributed by atoms with Crippen molar-refractivity contribution in [1.82, 2.24) is 0 Å². The lowest BCUT2D eigenvalue weighted by Gasteiger charge is -2.15. The van der Waals surface area contributed by atoms with Gasteiger partial charge >= 0.3 is 0 Å². The predicted molar refractivity (Wildman–Crippen MR) is 86.0 cm³/mol. The normalized spacial score (nSPS) is 10.4. The third-order valence-corrected chi connectivity index (χ3v) is 4.07. The first-order chi connectivity index (χ1) is 9.65. The minimum absolute atomic E-state index is 0.308. The van der Waals surface area contributed by atoms with Gasteiger partial charge < -0.3 is 9.47 Å². The highest BCUT2D eigenvalue weighted by molar-refractivity contribution is 9.10. The van der Waals surface area contributed by atoms with Crippen molar-refractivity contribution >= 4 is 39.1 Å². The summed E-state index contributed by atoms with van der Waals surface area (Å²) in [7, 11) is 1.58. The van der Waals surface area contributed by atoms with Gasteiger partial charge in [-0.3, -0.25) is 0 Å². The molecule has 0 aliphatic rings. The number of methoxy groups -OCH3 is 1. The van der Waals surface area contributed by atoms with E-state index in [0.29, 0.717) is 29.0 Å². The molecule has 0 unspecified atom stereocenters. The van der Waals surface area contributed by atoms with Crippen molar-refractivity contribution in [1.29, 1.82) is 0 Å². The van der Waals surface area contributed by atoms with Crippen LogP contribution >= 0.6 is 39.1 Å². The Morgan fingerprint density at radius 1 is 1.15 bits per heavy atom. The first-order valence-electron chi connectivity index (χ1n) is 5.94. The molecule has 2 aromatic carbocycles. The van der Waals surface area contributed by atoms with E-state index in [2.05, 4.69) is 15.9 Å². The van der Waals surface area contributed by atoms with Crippen LogP contribution < -0.4 is 9.47 Å². The molecule has 0 aliphatic heterocycles. The SMILES string of the molecule is COc1cc(Cl)cc(CCl)c1OCc1ccccc1Br. The van der Waals surface area contributed by atoms with Crippen LogP contribution in [0.2, 0.25) is 5.02 Å². The average molecular weight is 376 g/mol. The van der Waals surface area contributed by atoms with Crippen LogP contribution in [0.15, 0.2) is 40.9 Å². The largest absolute Gasteiger partial charge is 0.493 e. The molecule has 106 valence electrons. The highest BCUT2D eigenvalue weighted by Gasteiger charge is 2.13. The van der Waals surface area contributed by atoms with E-state index in [0.717, 1.165) is 15.6 Å². The van der Waals surface area contributed by atoms with Gasteiger partial charge in [0.2, 0.25) is 0 Å². The molecule has 2 nitrogen and oxygen atoms in total. The quantitative estimate of drug-likeness (QED) is 0.648. The van der Waals surface area contributed by atoms with Crippen molar-refractivity contribution in [2.75, 3.05) is 7.11 Å². The average Bonchev–Trinajstić information content (AvgIpc) is 2.46. The molecule has 0 bridgehead atoms. The molecule has 0 amide bonds. The first kappa shape index (κ1) is 15.5. The van der Waals surface area contributed by atoms with Crippen LogP contribution in [0.3, 0.4) is 0 Å². The molecule has 0 saturated heterocycles. The number of hydrogen-bond donors (Lipinski definition) is 0. The van der Waals surface area contributed by atoms with Gasteiger partial charge in [-0.2, -0.15) is 0 Å². The second-order valence-corrected chi connectivity index (χ2v) is 5.67. The first-order valence-corrected chi connectivity index (χ1v) is 7.65. The molecule has 0 saturated carbocycles. The van der Waals surface area contributed by atoms with Crippen LogP contribution in [-0.2, 0) is 12.5 Å². The van der Waals surface area contributed by atoms with Gasteiger partial charge in [0.15, 0.2) is 11.5 Å². The van der Waals surface area contributed by atoms with Gasteiger partial charge in [-0.05, 0) is 12.1 Å². The third kappa shape index (κ3) is 3.60. The predicted octanol–water partition coefficient (Wildman–Crippen LogP) is 5.43. The molecule has 2 aromatic rings. The molecule has 0 heterocycles. The summed E-state index contributed by atoms with van der Waals surface area (Å²) < 4.78 is 12.2. The van der Waals surface area contributed by atoms with E-state index < -0.39 is 0 Å². The number of halogens is 3. The fraction of sp³-hybridized carbons (Fsp3) is 0.200. The lowest BCUT2D eigenvalue weighted by molar-refractivity contribution is 0.281. The monoisotopic (exact) mass is 374 g/mol. The zero-order valence-corrected chi connectivity index (χ0v) is 13.9. The van der Waals surface area contributed by atoms with Gasteiger partial charge in [0, 0.05) is 26.7 Å². The maximum atomic E-state index is 6.02. The molecular weight excluding hydrogens is 363 g/mol. The van der Waals surface area contributed by atoms with Crippen LogP contribution in [0.4, 0.5) is 0 Å². The summed E-state index contributed by atoms with van der Waals surface area (Å²) in [5.74, 6) is 1.52. The Bertz CT molecular complexity index is 577. The Hall–Kier alpha value is -0.900. The van der Waals surface area contributed by atoms with Crippen molar-refractivity contribution in [2.24, 2.45) is 0 Å². The Morgan fingerprint density at radius 2 is 1.90 bits per heavy atom. The Morgan fingerprint density at radius 3 is 2.55 bits per heavy atom. The van der Waals surface area contributed by atoms with Crippen molar-refractivity contribution in [3.63, 3.8) is 0 Å². The Balaban J connectivity index is 2.27. The van der Waals surface area contributed by atoms with Crippen LogP contribution in [0.25, 0.3) is 0 Å². The highest BCUT2D eigenvalue weighted by Crippen LogP contribution is 2.36. The minimum atomic E-state index is 0.308. The topological polar surface area (TPSA) is 18.5 Å². The van der Waals surface area contributed by atoms with E-state index in [1.807, 2.05) is 24.3 Å². The number of alkyl halides is 1. The van der Waals surface area contributed by atoms with E-state index in [9.17, 15) is 0 Å². The van der Waals surface area contributed by atoms with Crippen molar-refractivity contribution in [3.8, 4) is 11.5 Å². The molecule has 0 atom stereocenters. The summed E-state index contributed by atoms with van der Waals surface area (Å²) in [5, 5.41) is 0.575. The van der Waals surface area contributed by atoms with Gasteiger partial charge in [-0.1, -0.05) is 45.7 Å². The smallest absolute Gasteiger partial charge is 0.166 e. The summed E-state index contributed by atoms with van der Waals surface area (Å²) in [4.78, 5) is 0. The summed E-state index contributed by atoms with van der Waals surface area (Å²) >= 11 is 15.5. The van der Waals surface area contributed by atoms with Crippen molar-refractivity contribution < 1.29 is 9.47 Å². The summed E-state index contributed by atoms with van der Waals surface area (Å²) in [5.41, 5.74) is 1.85. The van der Waals surface area contributed by atoms with Gasteiger partial charge in [-0.15, -0.1) is 11.6 Å². The highest BCUT2D eigenvalue weighted by atomic mass is 79.9. The molecule has 2 rings (SSSR count). The van der Waals surface area contributed by atoms with Gasteiger partial charge in [0.25, 0.3) is 0 Å². The zero-order valence-electron chi connectivity index (χ0n) is 10.8. The standard InChI is InChI=1S/C15H13BrCl2O2/c1-19-14-7-12(18)6-11(8-17)15(14)20-9-10-4-2-3-5-13(10)16/h2-7H,8-9H2,1H3. The van der Waals surface area contributed by atoms with Crippen LogP contribution in [0.5, 0.6) is 11.5 Å². The van der Waals surface area contributed by atoms with E-state index in [1.165, 1.54) is 0 Å². The van der Waals surface area contributed by atoms with E-state index in [4.69, 9.17) is 32.7 Å². The van der Waals surface area contributed by atoms with Crippen LogP contribution in [-0.4, -0.2) is 7.11 Å². The molecule has 0 radical (unpaired) electrons. The molecule has 20 heavy (non-hydrogen) atoms. The van der Waals surface area contributed by atoms with Gasteiger partial charge in [0.05, 0.1) is 13.0 Å². The molecule has 0 aliphatic carbocycles. The van der Waals surface area contributed by atoms with E-state index in [-0.39, 0.29) is 0 Å². The van der Waals surface area contributed by atoms with Gasteiger partial charge in [-0.25, -0.2) is 0 Å².